The quantitative estimate of drug-likeness (QED) is 0.463. The van der Waals surface area contributed by atoms with E-state index < -0.39 is 0 Å². The first-order valence-corrected chi connectivity index (χ1v) is 2.90. The van der Waals surface area contributed by atoms with Crippen LogP contribution in [0.1, 0.15) is 8.29 Å². The lowest BCUT2D eigenvalue weighted by Gasteiger charge is -1.69. The Hall–Kier alpha value is -1.04. The van der Waals surface area contributed by atoms with Crippen molar-refractivity contribution < 1.29 is 1.37 Å². The van der Waals surface area contributed by atoms with Gasteiger partial charge in [-0.25, -0.2) is 0 Å². The summed E-state index contributed by atoms with van der Waals surface area (Å²) in [4.78, 5) is 0. The molecule has 0 saturated heterocycles. The first-order valence-electron chi connectivity index (χ1n) is 3.40. The van der Waals surface area contributed by atoms with E-state index in [0.717, 1.165) is 0 Å². The molecule has 1 aromatic carbocycles. The molecule has 0 amide bonds. The summed E-state index contributed by atoms with van der Waals surface area (Å²) in [5, 5.41) is 0. The molecule has 9 heavy (non-hydrogen) atoms. The highest BCUT2D eigenvalue weighted by atomic mass is 13.6. The average molecular weight is 121 g/mol. The fraction of sp³-hybridized carbons (Fsp3) is 0.111. The van der Waals surface area contributed by atoms with E-state index in [9.17, 15) is 0 Å². The van der Waals surface area contributed by atoms with Gasteiger partial charge in [-0.3, -0.25) is 0 Å². The molecular formula is C9H12. The monoisotopic (exact) mass is 121 g/mol. The van der Waals surface area contributed by atoms with Crippen LogP contribution in [-0.2, 0) is 0 Å². The van der Waals surface area contributed by atoms with Gasteiger partial charge in [-0.1, -0.05) is 42.5 Å². The van der Waals surface area contributed by atoms with E-state index in [1.807, 2.05) is 25.1 Å². The molecule has 0 bridgehead atoms. The van der Waals surface area contributed by atoms with E-state index in [1.165, 1.54) is 0 Å². The molecule has 0 unspecified atom stereocenters. The Labute approximate surface area is 58.2 Å². The smallest absolute Gasteiger partial charge is 0.0623 e. The number of rotatable bonds is 0. The predicted molar refractivity (Wildman–Crippen MR) is 42.3 cm³/mol. The summed E-state index contributed by atoms with van der Waals surface area (Å²) in [7, 11) is 0. The van der Waals surface area contributed by atoms with Crippen molar-refractivity contribution in [1.82, 2.24) is 0 Å². The van der Waals surface area contributed by atoms with Crippen LogP contribution < -0.4 is 0 Å². The Morgan fingerprint density at radius 2 is 1.56 bits per heavy atom. The van der Waals surface area contributed by atoms with Gasteiger partial charge in [-0.2, -0.15) is 0 Å². The molecule has 0 spiro atoms. The van der Waals surface area contributed by atoms with E-state index in [2.05, 4.69) is 6.58 Å². The third kappa shape index (κ3) is 6.96. The molecule has 1 aromatic rings. The topological polar surface area (TPSA) is 0 Å². The lowest BCUT2D eigenvalue weighted by Crippen LogP contribution is -1.47. The van der Waals surface area contributed by atoms with Gasteiger partial charge in [0, 0.05) is 0 Å². The van der Waals surface area contributed by atoms with Crippen LogP contribution in [-0.4, -0.2) is 0 Å². The van der Waals surface area contributed by atoms with Crippen LogP contribution in [0.25, 0.3) is 0 Å². The molecule has 1 rings (SSSR count). The minimum absolute atomic E-state index is 0.572. The summed E-state index contributed by atoms with van der Waals surface area (Å²) in [5.74, 6) is 0. The SMILES string of the molecule is C=CC.[2H]c1ccccc1. The standard InChI is InChI=1S/C6H6.C3H6/c1-2-4-6-5-3-1;1-3-2/h1-6H;3H,1H2,2H3/i1D;. The van der Waals surface area contributed by atoms with Crippen molar-refractivity contribution >= 4 is 0 Å². The first kappa shape index (κ1) is 6.09. The lowest BCUT2D eigenvalue weighted by molar-refractivity contribution is 1.72. The van der Waals surface area contributed by atoms with Crippen LogP contribution >= 0.6 is 0 Å². The summed E-state index contributed by atoms with van der Waals surface area (Å²) >= 11 is 0. The van der Waals surface area contributed by atoms with Crippen LogP contribution in [0.15, 0.2) is 49.0 Å². The summed E-state index contributed by atoms with van der Waals surface area (Å²) in [6, 6.07) is 9.67. The van der Waals surface area contributed by atoms with E-state index in [4.69, 9.17) is 1.37 Å². The first-order chi connectivity index (χ1) is 4.81. The van der Waals surface area contributed by atoms with Gasteiger partial charge in [0.1, 0.15) is 0 Å². The lowest BCUT2D eigenvalue weighted by atomic mass is 10.4. The zero-order valence-corrected chi connectivity index (χ0v) is 5.67. The average Bonchev–Trinajstić information content (AvgIpc) is 1.91. The Bertz CT molecular complexity index is 167. The maximum Gasteiger partial charge on any atom is 0.0623 e. The summed E-state index contributed by atoms with van der Waals surface area (Å²) in [5.41, 5.74) is 0. The third-order valence-corrected chi connectivity index (χ3v) is 0.607. The van der Waals surface area contributed by atoms with E-state index in [-0.39, 0.29) is 0 Å². The van der Waals surface area contributed by atoms with Crippen LogP contribution in [0, 0.1) is 0 Å². The van der Waals surface area contributed by atoms with Gasteiger partial charge < -0.3 is 0 Å². The van der Waals surface area contributed by atoms with Gasteiger partial charge >= 0.3 is 0 Å². The maximum atomic E-state index is 7.00. The molecule has 48 valence electrons. The molecule has 0 heterocycles. The van der Waals surface area contributed by atoms with E-state index >= 15 is 0 Å². The summed E-state index contributed by atoms with van der Waals surface area (Å²) < 4.78 is 7.00. The Kier molecular flexibility index (Phi) is 4.71. The summed E-state index contributed by atoms with van der Waals surface area (Å²) in [6.45, 7) is 5.25. The second kappa shape index (κ2) is 6.96. The van der Waals surface area contributed by atoms with Crippen LogP contribution in [0.2, 0.25) is 0 Å². The van der Waals surface area contributed by atoms with Crippen molar-refractivity contribution in [2.45, 2.75) is 6.92 Å². The molecule has 0 radical (unpaired) electrons. The highest BCUT2D eigenvalue weighted by Gasteiger charge is 1.57. The van der Waals surface area contributed by atoms with Gasteiger partial charge in [0.2, 0.25) is 0 Å². The Morgan fingerprint density at radius 1 is 1.22 bits per heavy atom. The number of allylic oxidation sites excluding steroid dienone is 1. The fourth-order valence-electron chi connectivity index (χ4n) is 0.342. The summed E-state index contributed by atoms with van der Waals surface area (Å²) in [6.07, 6.45) is 1.75. The van der Waals surface area contributed by atoms with Crippen molar-refractivity contribution in [3.8, 4) is 0 Å². The predicted octanol–water partition coefficient (Wildman–Crippen LogP) is 2.88. The highest BCUT2D eigenvalue weighted by molar-refractivity contribution is 4.99. The molecule has 0 fully saturated rings. The molecule has 0 aromatic heterocycles. The molecule has 0 aliphatic heterocycles. The van der Waals surface area contributed by atoms with Crippen molar-refractivity contribution in [3.63, 3.8) is 0 Å². The van der Waals surface area contributed by atoms with Crippen molar-refractivity contribution in [3.05, 3.63) is 49.0 Å². The van der Waals surface area contributed by atoms with Crippen molar-refractivity contribution in [1.29, 1.82) is 0 Å². The zero-order chi connectivity index (χ0) is 7.82. The molecular weight excluding hydrogens is 108 g/mol. The minimum Gasteiger partial charge on any atom is -0.103 e. The molecule has 0 nitrogen and oxygen atoms in total. The van der Waals surface area contributed by atoms with Gasteiger partial charge in [0.25, 0.3) is 0 Å². The molecule has 0 aliphatic carbocycles. The molecule has 0 heteroatoms. The van der Waals surface area contributed by atoms with Crippen LogP contribution in [0.4, 0.5) is 0 Å². The van der Waals surface area contributed by atoms with Crippen LogP contribution in [0.3, 0.4) is 0 Å². The fourth-order valence-corrected chi connectivity index (χ4v) is 0.342. The Balaban J connectivity index is 0.000000236. The minimum atomic E-state index is 0.572. The third-order valence-electron chi connectivity index (χ3n) is 0.607. The molecule has 0 N–H and O–H groups in total. The number of benzene rings is 1. The maximum absolute atomic E-state index is 7.00. The molecule has 0 atom stereocenters. The second-order valence-electron chi connectivity index (χ2n) is 1.49. The van der Waals surface area contributed by atoms with Gasteiger partial charge in [0.05, 0.1) is 1.37 Å². The van der Waals surface area contributed by atoms with E-state index in [1.54, 1.807) is 18.2 Å². The second-order valence-corrected chi connectivity index (χ2v) is 1.49. The highest BCUT2D eigenvalue weighted by Crippen LogP contribution is 1.79. The Morgan fingerprint density at radius 3 is 1.78 bits per heavy atom. The molecule has 0 aliphatic rings. The van der Waals surface area contributed by atoms with Crippen LogP contribution in [0.5, 0.6) is 0 Å². The van der Waals surface area contributed by atoms with E-state index in [0.29, 0.717) is 6.04 Å². The zero-order valence-electron chi connectivity index (χ0n) is 6.67. The normalized spacial score (nSPS) is 8.33. The van der Waals surface area contributed by atoms with Gasteiger partial charge in [-0.15, -0.1) is 6.58 Å². The molecule has 0 saturated carbocycles. The number of hydrogen-bond acceptors (Lipinski definition) is 0. The largest absolute Gasteiger partial charge is 0.103 e. The van der Waals surface area contributed by atoms with Crippen molar-refractivity contribution in [2.75, 3.05) is 0 Å². The number of hydrogen-bond donors (Lipinski definition) is 0. The van der Waals surface area contributed by atoms with Gasteiger partial charge in [-0.05, 0) is 6.92 Å². The van der Waals surface area contributed by atoms with Crippen molar-refractivity contribution in [2.24, 2.45) is 0 Å². The van der Waals surface area contributed by atoms with Gasteiger partial charge in [0.15, 0.2) is 0 Å².